The highest BCUT2D eigenvalue weighted by Gasteiger charge is 2.34. The molecule has 0 saturated carbocycles. The molecule has 0 unspecified atom stereocenters. The monoisotopic (exact) mass is 399 g/mol. The van der Waals surface area contributed by atoms with Crippen LogP contribution in [0.3, 0.4) is 0 Å². The Kier molecular flexibility index (Phi) is 4.65. The van der Waals surface area contributed by atoms with Gasteiger partial charge in [-0.15, -0.1) is 0 Å². The molecule has 4 rings (SSSR count). The molecule has 1 N–H and O–H groups in total. The Labute approximate surface area is 163 Å². The first kappa shape index (κ1) is 18.3. The summed E-state index contributed by atoms with van der Waals surface area (Å²) in [7, 11) is 0. The highest BCUT2D eigenvalue weighted by Crippen LogP contribution is 2.39. The van der Waals surface area contributed by atoms with Gasteiger partial charge in [-0.25, -0.2) is 4.98 Å². The second-order valence-corrected chi connectivity index (χ2v) is 6.56. The number of anilines is 2. The van der Waals surface area contributed by atoms with Gasteiger partial charge in [0.1, 0.15) is 0 Å². The molecule has 140 valence electrons. The fraction of sp³-hybridized carbons (Fsp3) is 0.0476. The lowest BCUT2D eigenvalue weighted by Gasteiger charge is -2.16. The molecular formula is C21H13ClF3N3. The third-order valence-electron chi connectivity index (χ3n) is 4.24. The number of rotatable bonds is 3. The molecule has 2 aromatic carbocycles. The molecule has 7 heteroatoms. The predicted molar refractivity (Wildman–Crippen MR) is 105 cm³/mol. The number of hydrogen-bond donors (Lipinski definition) is 1. The minimum atomic E-state index is -4.52. The Morgan fingerprint density at radius 1 is 0.893 bits per heavy atom. The quantitative estimate of drug-likeness (QED) is 0.416. The second-order valence-electron chi connectivity index (χ2n) is 6.12. The van der Waals surface area contributed by atoms with Crippen molar-refractivity contribution in [1.82, 2.24) is 9.97 Å². The minimum Gasteiger partial charge on any atom is -0.355 e. The number of pyridine rings is 2. The Morgan fingerprint density at radius 3 is 2.39 bits per heavy atom. The van der Waals surface area contributed by atoms with E-state index in [2.05, 4.69) is 15.3 Å². The number of nitrogens with zero attached hydrogens (tertiary/aromatic N) is 2. The van der Waals surface area contributed by atoms with Gasteiger partial charge in [-0.05, 0) is 42.5 Å². The molecule has 0 spiro atoms. The van der Waals surface area contributed by atoms with Crippen molar-refractivity contribution in [2.75, 3.05) is 5.32 Å². The standard InChI is InChI=1S/C21H13ClF3N3/c22-13-5-6-17(21(23,24)25)16(11-13)20-12-19(27-14-7-9-26-10-8-14)15-3-1-2-4-18(15)28-20/h1-12H,(H,26,27,28). The van der Waals surface area contributed by atoms with Gasteiger partial charge in [0.2, 0.25) is 0 Å². The molecular weight excluding hydrogens is 387 g/mol. The van der Waals surface area contributed by atoms with Crippen LogP contribution in [0.25, 0.3) is 22.2 Å². The van der Waals surface area contributed by atoms with Gasteiger partial charge < -0.3 is 5.32 Å². The van der Waals surface area contributed by atoms with E-state index in [1.165, 1.54) is 12.1 Å². The van der Waals surface area contributed by atoms with E-state index in [1.807, 2.05) is 12.1 Å². The summed E-state index contributed by atoms with van der Waals surface area (Å²) in [4.78, 5) is 8.42. The van der Waals surface area contributed by atoms with Crippen LogP contribution in [0.4, 0.5) is 24.5 Å². The van der Waals surface area contributed by atoms with Gasteiger partial charge in [0.15, 0.2) is 0 Å². The van der Waals surface area contributed by atoms with Crippen LogP contribution in [0.15, 0.2) is 73.1 Å². The molecule has 0 aliphatic heterocycles. The minimum absolute atomic E-state index is 0.0662. The van der Waals surface area contributed by atoms with Crippen molar-refractivity contribution in [2.24, 2.45) is 0 Å². The molecule has 4 aromatic rings. The zero-order valence-corrected chi connectivity index (χ0v) is 15.1. The zero-order chi connectivity index (χ0) is 19.7. The van der Waals surface area contributed by atoms with Gasteiger partial charge in [-0.1, -0.05) is 29.8 Å². The average molecular weight is 400 g/mol. The van der Waals surface area contributed by atoms with Crippen molar-refractivity contribution in [3.63, 3.8) is 0 Å². The smallest absolute Gasteiger partial charge is 0.355 e. The molecule has 0 aliphatic rings. The van der Waals surface area contributed by atoms with E-state index >= 15 is 0 Å². The van der Waals surface area contributed by atoms with E-state index in [0.29, 0.717) is 11.2 Å². The van der Waals surface area contributed by atoms with Crippen LogP contribution >= 0.6 is 11.6 Å². The van der Waals surface area contributed by atoms with E-state index in [9.17, 15) is 13.2 Å². The van der Waals surface area contributed by atoms with Gasteiger partial charge in [0.25, 0.3) is 0 Å². The summed E-state index contributed by atoms with van der Waals surface area (Å²) in [6.07, 6.45) is -1.26. The average Bonchev–Trinajstić information content (AvgIpc) is 2.67. The summed E-state index contributed by atoms with van der Waals surface area (Å²) in [5, 5.41) is 4.24. The van der Waals surface area contributed by atoms with Crippen molar-refractivity contribution >= 4 is 33.9 Å². The van der Waals surface area contributed by atoms with Crippen LogP contribution < -0.4 is 5.32 Å². The van der Waals surface area contributed by atoms with E-state index in [-0.39, 0.29) is 16.3 Å². The Hall–Kier alpha value is -3.12. The van der Waals surface area contributed by atoms with Crippen LogP contribution in [-0.4, -0.2) is 9.97 Å². The molecule has 2 heterocycles. The Balaban J connectivity index is 1.93. The molecule has 0 amide bonds. The number of nitrogens with one attached hydrogen (secondary N) is 1. The van der Waals surface area contributed by atoms with E-state index < -0.39 is 11.7 Å². The van der Waals surface area contributed by atoms with Crippen LogP contribution in [0.5, 0.6) is 0 Å². The summed E-state index contributed by atoms with van der Waals surface area (Å²) in [5.41, 5.74) is 1.31. The molecule has 28 heavy (non-hydrogen) atoms. The van der Waals surface area contributed by atoms with Crippen molar-refractivity contribution in [2.45, 2.75) is 6.18 Å². The maximum atomic E-state index is 13.5. The van der Waals surface area contributed by atoms with E-state index in [1.54, 1.807) is 42.7 Å². The largest absolute Gasteiger partial charge is 0.417 e. The third-order valence-corrected chi connectivity index (χ3v) is 4.47. The Bertz CT molecular complexity index is 1140. The first-order valence-corrected chi connectivity index (χ1v) is 8.73. The number of hydrogen-bond acceptors (Lipinski definition) is 3. The molecule has 0 bridgehead atoms. The van der Waals surface area contributed by atoms with Crippen LogP contribution in [-0.2, 0) is 6.18 Å². The molecule has 3 nitrogen and oxygen atoms in total. The highest BCUT2D eigenvalue weighted by atomic mass is 35.5. The van der Waals surface area contributed by atoms with Crippen molar-refractivity contribution in [3.05, 3.63) is 83.6 Å². The third kappa shape index (κ3) is 3.64. The molecule has 0 aliphatic carbocycles. The molecule has 0 radical (unpaired) electrons. The summed E-state index contributed by atoms with van der Waals surface area (Å²) in [6, 6.07) is 15.9. The number of alkyl halides is 3. The number of benzene rings is 2. The van der Waals surface area contributed by atoms with Gasteiger partial charge in [-0.2, -0.15) is 13.2 Å². The number of halogens is 4. The van der Waals surface area contributed by atoms with E-state index in [0.717, 1.165) is 17.1 Å². The summed E-state index contributed by atoms with van der Waals surface area (Å²) < 4.78 is 40.6. The lowest BCUT2D eigenvalue weighted by Crippen LogP contribution is -2.08. The number of para-hydroxylation sites is 1. The summed E-state index contributed by atoms with van der Waals surface area (Å²) in [5.74, 6) is 0. The SMILES string of the molecule is FC(F)(F)c1ccc(Cl)cc1-c1cc(Nc2ccncc2)c2ccccc2n1. The maximum Gasteiger partial charge on any atom is 0.417 e. The fourth-order valence-corrected chi connectivity index (χ4v) is 3.16. The maximum absolute atomic E-state index is 13.5. The van der Waals surface area contributed by atoms with Gasteiger partial charge in [0, 0.05) is 34.1 Å². The first-order chi connectivity index (χ1) is 13.4. The highest BCUT2D eigenvalue weighted by molar-refractivity contribution is 6.30. The predicted octanol–water partition coefficient (Wildman–Crippen LogP) is 6.71. The fourth-order valence-electron chi connectivity index (χ4n) is 2.98. The summed E-state index contributed by atoms with van der Waals surface area (Å²) in [6.45, 7) is 0. The molecule has 0 saturated heterocycles. The molecule has 0 atom stereocenters. The second kappa shape index (κ2) is 7.13. The van der Waals surface area contributed by atoms with Gasteiger partial charge in [-0.3, -0.25) is 4.98 Å². The van der Waals surface area contributed by atoms with Crippen molar-refractivity contribution < 1.29 is 13.2 Å². The van der Waals surface area contributed by atoms with Crippen molar-refractivity contribution in [3.8, 4) is 11.3 Å². The van der Waals surface area contributed by atoms with E-state index in [4.69, 9.17) is 11.6 Å². The summed E-state index contributed by atoms with van der Waals surface area (Å²) >= 11 is 5.99. The number of aromatic nitrogens is 2. The van der Waals surface area contributed by atoms with Crippen LogP contribution in [0.1, 0.15) is 5.56 Å². The molecule has 0 fully saturated rings. The molecule has 2 aromatic heterocycles. The lowest BCUT2D eigenvalue weighted by atomic mass is 10.0. The lowest BCUT2D eigenvalue weighted by molar-refractivity contribution is -0.137. The normalized spacial score (nSPS) is 11.6. The van der Waals surface area contributed by atoms with Gasteiger partial charge in [0.05, 0.1) is 22.5 Å². The van der Waals surface area contributed by atoms with Crippen LogP contribution in [0, 0.1) is 0 Å². The number of fused-ring (bicyclic) bond motifs is 1. The Morgan fingerprint density at radius 2 is 1.64 bits per heavy atom. The topological polar surface area (TPSA) is 37.8 Å². The van der Waals surface area contributed by atoms with Crippen molar-refractivity contribution in [1.29, 1.82) is 0 Å². The first-order valence-electron chi connectivity index (χ1n) is 8.36. The van der Waals surface area contributed by atoms with Crippen LogP contribution in [0.2, 0.25) is 5.02 Å². The zero-order valence-electron chi connectivity index (χ0n) is 14.3. The van der Waals surface area contributed by atoms with Gasteiger partial charge >= 0.3 is 6.18 Å².